The highest BCUT2D eigenvalue weighted by atomic mass is 31.2. The first-order chi connectivity index (χ1) is 16.3. The number of fused-ring (bicyclic) bond motifs is 1. The van der Waals surface area contributed by atoms with Crippen LogP contribution in [0.4, 0.5) is 5.82 Å². The second kappa shape index (κ2) is 10.8. The summed E-state index contributed by atoms with van der Waals surface area (Å²) >= 11 is 0. The largest absolute Gasteiger partial charge is 0.387 e. The van der Waals surface area contributed by atoms with Crippen LogP contribution in [0.3, 0.4) is 0 Å². The maximum Gasteiger partial charge on any atom is 0.347 e. The van der Waals surface area contributed by atoms with Crippen molar-refractivity contribution in [2.75, 3.05) is 12.3 Å². The Bertz CT molecular complexity index is 1010. The van der Waals surface area contributed by atoms with Crippen LogP contribution in [-0.2, 0) is 13.8 Å². The van der Waals surface area contributed by atoms with Crippen LogP contribution in [0.2, 0.25) is 0 Å². The predicted molar refractivity (Wildman–Crippen MR) is 133 cm³/mol. The van der Waals surface area contributed by atoms with Gasteiger partial charge in [-0.1, -0.05) is 0 Å². The quantitative estimate of drug-likeness (QED) is 0.402. The van der Waals surface area contributed by atoms with Gasteiger partial charge in [-0.2, -0.15) is 0 Å². The van der Waals surface area contributed by atoms with E-state index in [1.807, 2.05) is 64.7 Å². The van der Waals surface area contributed by atoms with E-state index in [-0.39, 0.29) is 36.6 Å². The Morgan fingerprint density at radius 1 is 1.00 bits per heavy atom. The first-order valence-corrected chi connectivity index (χ1v) is 13.6. The first kappa shape index (κ1) is 27.9. The van der Waals surface area contributed by atoms with Gasteiger partial charge in [0.1, 0.15) is 30.2 Å². The van der Waals surface area contributed by atoms with Crippen LogP contribution >= 0.6 is 7.67 Å². The average Bonchev–Trinajstić information content (AvgIpc) is 3.28. The van der Waals surface area contributed by atoms with Crippen LogP contribution in [0.1, 0.15) is 61.6 Å². The number of rotatable bonds is 10. The summed E-state index contributed by atoms with van der Waals surface area (Å²) < 4.78 is 32.1. The molecule has 35 heavy (non-hydrogen) atoms. The molecule has 2 aromatic heterocycles. The van der Waals surface area contributed by atoms with Gasteiger partial charge in [0.05, 0.1) is 12.9 Å². The van der Waals surface area contributed by atoms with Gasteiger partial charge in [-0.25, -0.2) is 24.3 Å². The number of aliphatic hydroxyl groups is 2. The molecular weight excluding hydrogens is 473 g/mol. The van der Waals surface area contributed by atoms with Gasteiger partial charge in [-0.05, 0) is 55.4 Å². The number of nitrogens with zero attached hydrogens (tertiary/aromatic N) is 6. The standard InChI is InChI=1S/C22H40N7O5P/c1-12(2)28(13(3)4)35(32,29(14(5)6)15(7)8)33-9-16-18(30)19(31)22(34-16)27-11-26-17-20(23)24-10-25-21(17)27/h10-16,18-19,22,30-31H,9H2,1-8H3,(H2,23,24,25)/t16-,18-,19-,22-/m1/s1. The molecule has 2 aromatic rings. The van der Waals surface area contributed by atoms with Crippen LogP contribution < -0.4 is 5.73 Å². The average molecular weight is 514 g/mol. The second-order valence-electron chi connectivity index (χ2n) is 10.1. The molecule has 3 heterocycles. The van der Waals surface area contributed by atoms with Crippen molar-refractivity contribution >= 4 is 24.7 Å². The van der Waals surface area contributed by atoms with Crippen molar-refractivity contribution in [3.05, 3.63) is 12.7 Å². The summed E-state index contributed by atoms with van der Waals surface area (Å²) in [5.74, 6) is 0.201. The lowest BCUT2D eigenvalue weighted by Gasteiger charge is -2.45. The van der Waals surface area contributed by atoms with Crippen LogP contribution in [0.25, 0.3) is 11.2 Å². The van der Waals surface area contributed by atoms with Gasteiger partial charge in [0.25, 0.3) is 0 Å². The molecule has 0 unspecified atom stereocenters. The summed E-state index contributed by atoms with van der Waals surface area (Å²) in [6.45, 7) is 15.7. The third-order valence-corrected chi connectivity index (χ3v) is 9.61. The summed E-state index contributed by atoms with van der Waals surface area (Å²) in [5.41, 5.74) is 6.61. The third kappa shape index (κ3) is 5.24. The van der Waals surface area contributed by atoms with Crippen molar-refractivity contribution in [3.8, 4) is 0 Å². The highest BCUT2D eigenvalue weighted by Crippen LogP contribution is 2.59. The fraction of sp³-hybridized carbons (Fsp3) is 0.773. The Hall–Kier alpha value is -1.66. The number of aromatic nitrogens is 4. The number of hydrogen-bond donors (Lipinski definition) is 3. The maximum absolute atomic E-state index is 14.6. The zero-order valence-electron chi connectivity index (χ0n) is 21.8. The molecule has 1 aliphatic rings. The maximum atomic E-state index is 14.6. The minimum atomic E-state index is -3.55. The fourth-order valence-corrected chi connectivity index (χ4v) is 8.12. The third-order valence-electron chi connectivity index (χ3n) is 6.11. The van der Waals surface area contributed by atoms with Gasteiger partial charge >= 0.3 is 7.67 Å². The predicted octanol–water partition coefficient (Wildman–Crippen LogP) is 2.39. The summed E-state index contributed by atoms with van der Waals surface area (Å²) in [5, 5.41) is 21.6. The van der Waals surface area contributed by atoms with Gasteiger partial charge in [-0.3, -0.25) is 9.13 Å². The van der Waals surface area contributed by atoms with Crippen molar-refractivity contribution in [1.82, 2.24) is 28.9 Å². The lowest BCUT2D eigenvalue weighted by Crippen LogP contribution is -2.46. The second-order valence-corrected chi connectivity index (χ2v) is 12.2. The van der Waals surface area contributed by atoms with Crippen LogP contribution in [-0.4, -0.2) is 88.2 Å². The molecule has 1 aliphatic heterocycles. The first-order valence-electron chi connectivity index (χ1n) is 12.1. The molecule has 0 radical (unpaired) electrons. The molecule has 0 saturated carbocycles. The molecule has 13 heteroatoms. The molecule has 1 saturated heterocycles. The Morgan fingerprint density at radius 3 is 2.06 bits per heavy atom. The molecule has 4 N–H and O–H groups in total. The Morgan fingerprint density at radius 2 is 1.54 bits per heavy atom. The summed E-state index contributed by atoms with van der Waals surface area (Å²) in [7, 11) is -3.55. The molecule has 0 aromatic carbocycles. The molecule has 12 nitrogen and oxygen atoms in total. The minimum Gasteiger partial charge on any atom is -0.387 e. The molecule has 4 atom stereocenters. The molecule has 3 rings (SSSR count). The number of nitrogen functional groups attached to an aromatic ring is 1. The lowest BCUT2D eigenvalue weighted by atomic mass is 10.1. The minimum absolute atomic E-state index is 0.0592. The lowest BCUT2D eigenvalue weighted by molar-refractivity contribution is -0.0502. The molecule has 0 aliphatic carbocycles. The summed E-state index contributed by atoms with van der Waals surface area (Å²) in [6, 6.07) is -0.237. The van der Waals surface area contributed by atoms with Crippen molar-refractivity contribution in [2.24, 2.45) is 0 Å². The highest BCUT2D eigenvalue weighted by molar-refractivity contribution is 7.54. The van der Waals surface area contributed by atoms with Gasteiger partial charge in [0, 0.05) is 24.2 Å². The summed E-state index contributed by atoms with van der Waals surface area (Å²) in [4.78, 5) is 12.3. The molecule has 0 spiro atoms. The molecule has 1 fully saturated rings. The Balaban J connectivity index is 1.89. The monoisotopic (exact) mass is 513 g/mol. The number of hydrogen-bond acceptors (Lipinski definition) is 9. The van der Waals surface area contributed by atoms with Crippen molar-refractivity contribution in [2.45, 2.75) is 104 Å². The van der Waals surface area contributed by atoms with E-state index in [1.54, 1.807) is 0 Å². The number of ether oxygens (including phenoxy) is 1. The zero-order valence-corrected chi connectivity index (χ0v) is 22.7. The van der Waals surface area contributed by atoms with Crippen molar-refractivity contribution in [3.63, 3.8) is 0 Å². The van der Waals surface area contributed by atoms with Gasteiger partial charge in [-0.15, -0.1) is 0 Å². The topological polar surface area (TPSA) is 152 Å². The van der Waals surface area contributed by atoms with E-state index < -0.39 is 32.2 Å². The summed E-state index contributed by atoms with van der Waals surface area (Å²) in [6.07, 6.45) is -1.73. The highest BCUT2D eigenvalue weighted by Gasteiger charge is 2.48. The SMILES string of the molecule is CC(C)N(C(C)C)P(=O)(OC[C@H]1O[C@@H](n2cnc3c(N)ncnc32)[C@H](O)[C@@H]1O)N(C(C)C)C(C)C. The number of imidazole rings is 1. The molecular formula is C22H40N7O5P. The zero-order chi connectivity index (χ0) is 26.2. The van der Waals surface area contributed by atoms with E-state index in [0.717, 1.165) is 0 Å². The van der Waals surface area contributed by atoms with E-state index in [4.69, 9.17) is 15.0 Å². The van der Waals surface area contributed by atoms with Crippen LogP contribution in [0.5, 0.6) is 0 Å². The normalized spacial score (nSPS) is 23.9. The van der Waals surface area contributed by atoms with Gasteiger partial charge in [0.2, 0.25) is 0 Å². The Labute approximate surface area is 207 Å². The smallest absolute Gasteiger partial charge is 0.347 e. The van der Waals surface area contributed by atoms with Gasteiger partial charge in [0.15, 0.2) is 17.7 Å². The van der Waals surface area contributed by atoms with E-state index in [2.05, 4.69) is 15.0 Å². The van der Waals surface area contributed by atoms with E-state index in [9.17, 15) is 14.8 Å². The number of aliphatic hydroxyl groups excluding tert-OH is 2. The van der Waals surface area contributed by atoms with E-state index in [0.29, 0.717) is 11.2 Å². The fourth-order valence-electron chi connectivity index (χ4n) is 4.94. The molecule has 0 amide bonds. The van der Waals surface area contributed by atoms with Crippen LogP contribution in [0.15, 0.2) is 12.7 Å². The molecule has 198 valence electrons. The van der Waals surface area contributed by atoms with E-state index >= 15 is 0 Å². The van der Waals surface area contributed by atoms with Crippen molar-refractivity contribution < 1.29 is 24.0 Å². The number of nitrogens with two attached hydrogens (primary N) is 1. The van der Waals surface area contributed by atoms with E-state index in [1.165, 1.54) is 17.2 Å². The van der Waals surface area contributed by atoms with Gasteiger partial charge < -0.3 is 25.2 Å². The van der Waals surface area contributed by atoms with Crippen LogP contribution in [0, 0.1) is 0 Å². The number of anilines is 1. The molecule has 0 bridgehead atoms. The Kier molecular flexibility index (Phi) is 8.58. The van der Waals surface area contributed by atoms with Crippen molar-refractivity contribution in [1.29, 1.82) is 0 Å².